The third kappa shape index (κ3) is 9.59. The van der Waals surface area contributed by atoms with Crippen LogP contribution in [0.15, 0.2) is 24.3 Å². The lowest BCUT2D eigenvalue weighted by Crippen LogP contribution is -2.54. The van der Waals surface area contributed by atoms with E-state index in [2.05, 4.69) is 16.0 Å². The maximum Gasteiger partial charge on any atom is 0.408 e. The van der Waals surface area contributed by atoms with Gasteiger partial charge >= 0.3 is 6.09 Å². The van der Waals surface area contributed by atoms with Gasteiger partial charge in [-0.1, -0.05) is 26.0 Å². The van der Waals surface area contributed by atoms with Gasteiger partial charge in [-0.15, -0.1) is 0 Å². The van der Waals surface area contributed by atoms with E-state index in [9.17, 15) is 19.2 Å². The third-order valence-corrected chi connectivity index (χ3v) is 6.16. The Morgan fingerprint density at radius 2 is 1.59 bits per heavy atom. The number of carbonyl (C=O) groups excluding carboxylic acids is 4. The zero-order valence-corrected chi connectivity index (χ0v) is 23.1. The summed E-state index contributed by atoms with van der Waals surface area (Å²) in [6, 6.07) is 5.97. The minimum absolute atomic E-state index is 0.127. The SMILES string of the molecule is COc1ccc(CNC(=O)C(C)NC(=O)C2CCN(C(=O)C(NC(=O)OC(C)(C)C)C(C)C)CC2)cc1. The van der Waals surface area contributed by atoms with Crippen LogP contribution in [0.2, 0.25) is 0 Å². The van der Waals surface area contributed by atoms with Crippen molar-refractivity contribution >= 4 is 23.8 Å². The molecule has 4 amide bonds. The number of piperidine rings is 1. The molecule has 206 valence electrons. The number of likely N-dealkylation sites (tertiary alicyclic amines) is 1. The lowest BCUT2D eigenvalue weighted by atomic mass is 9.94. The second-order valence-electron chi connectivity index (χ2n) is 10.8. The van der Waals surface area contributed by atoms with E-state index >= 15 is 0 Å². The van der Waals surface area contributed by atoms with Gasteiger partial charge < -0.3 is 30.3 Å². The number of ether oxygens (including phenoxy) is 2. The number of hydrogen-bond donors (Lipinski definition) is 3. The molecule has 2 rings (SSSR count). The molecular weight excluding hydrogens is 476 g/mol. The van der Waals surface area contributed by atoms with Gasteiger partial charge in [0.15, 0.2) is 0 Å². The molecule has 0 bridgehead atoms. The normalized spacial score (nSPS) is 15.9. The maximum atomic E-state index is 13.1. The fourth-order valence-electron chi connectivity index (χ4n) is 3.99. The molecule has 3 N–H and O–H groups in total. The van der Waals surface area contributed by atoms with Gasteiger partial charge in [-0.25, -0.2) is 4.79 Å². The summed E-state index contributed by atoms with van der Waals surface area (Å²) in [6.07, 6.45) is 0.331. The van der Waals surface area contributed by atoms with E-state index in [1.807, 2.05) is 38.1 Å². The van der Waals surface area contributed by atoms with Gasteiger partial charge in [0, 0.05) is 25.6 Å². The van der Waals surface area contributed by atoms with E-state index in [0.29, 0.717) is 32.5 Å². The van der Waals surface area contributed by atoms with Crippen molar-refractivity contribution in [2.45, 2.75) is 78.6 Å². The smallest absolute Gasteiger partial charge is 0.408 e. The Morgan fingerprint density at radius 1 is 1.00 bits per heavy atom. The molecule has 1 saturated heterocycles. The summed E-state index contributed by atoms with van der Waals surface area (Å²) in [4.78, 5) is 52.2. The number of benzene rings is 1. The molecule has 1 fully saturated rings. The van der Waals surface area contributed by atoms with Crippen molar-refractivity contribution in [3.63, 3.8) is 0 Å². The molecular formula is C27H42N4O6. The van der Waals surface area contributed by atoms with Crippen molar-refractivity contribution in [2.75, 3.05) is 20.2 Å². The van der Waals surface area contributed by atoms with Gasteiger partial charge in [0.05, 0.1) is 7.11 Å². The fraction of sp³-hybridized carbons (Fsp3) is 0.630. The van der Waals surface area contributed by atoms with Gasteiger partial charge in [0.2, 0.25) is 17.7 Å². The van der Waals surface area contributed by atoms with E-state index in [-0.39, 0.29) is 29.6 Å². The van der Waals surface area contributed by atoms with Crippen LogP contribution in [0.5, 0.6) is 5.75 Å². The average Bonchev–Trinajstić information content (AvgIpc) is 2.84. The van der Waals surface area contributed by atoms with Crippen LogP contribution in [0, 0.1) is 11.8 Å². The number of rotatable bonds is 9. The number of amides is 4. The molecule has 1 aromatic carbocycles. The van der Waals surface area contributed by atoms with Crippen LogP contribution in [0.3, 0.4) is 0 Å². The first-order chi connectivity index (χ1) is 17.3. The van der Waals surface area contributed by atoms with Gasteiger partial charge in [0.25, 0.3) is 0 Å². The lowest BCUT2D eigenvalue weighted by Gasteiger charge is -2.35. The quantitative estimate of drug-likeness (QED) is 0.461. The first-order valence-corrected chi connectivity index (χ1v) is 12.8. The van der Waals surface area contributed by atoms with Gasteiger partial charge in [-0.2, -0.15) is 0 Å². The van der Waals surface area contributed by atoms with Crippen molar-refractivity contribution in [1.82, 2.24) is 20.9 Å². The molecule has 1 aliphatic rings. The highest BCUT2D eigenvalue weighted by atomic mass is 16.6. The summed E-state index contributed by atoms with van der Waals surface area (Å²) in [7, 11) is 1.59. The van der Waals surface area contributed by atoms with Crippen LogP contribution in [-0.2, 0) is 25.7 Å². The molecule has 0 aliphatic carbocycles. The molecule has 10 nitrogen and oxygen atoms in total. The van der Waals surface area contributed by atoms with Crippen LogP contribution in [0.25, 0.3) is 0 Å². The number of carbonyl (C=O) groups is 4. The lowest BCUT2D eigenvalue weighted by molar-refractivity contribution is -0.138. The Morgan fingerprint density at radius 3 is 2.11 bits per heavy atom. The maximum absolute atomic E-state index is 13.1. The van der Waals surface area contributed by atoms with Crippen LogP contribution in [0.4, 0.5) is 4.79 Å². The third-order valence-electron chi connectivity index (χ3n) is 6.16. The zero-order valence-electron chi connectivity index (χ0n) is 23.1. The van der Waals surface area contributed by atoms with E-state index in [1.54, 1.807) is 39.7 Å². The predicted molar refractivity (Wildman–Crippen MR) is 140 cm³/mol. The van der Waals surface area contributed by atoms with E-state index in [4.69, 9.17) is 9.47 Å². The van der Waals surface area contributed by atoms with Gasteiger partial charge in [-0.3, -0.25) is 14.4 Å². The highest BCUT2D eigenvalue weighted by Gasteiger charge is 2.34. The second kappa shape index (κ2) is 13.3. The molecule has 0 aromatic heterocycles. The van der Waals surface area contributed by atoms with Crippen molar-refractivity contribution in [1.29, 1.82) is 0 Å². The first kappa shape index (κ1) is 29.9. The van der Waals surface area contributed by atoms with E-state index in [0.717, 1.165) is 11.3 Å². The molecule has 2 unspecified atom stereocenters. The molecule has 0 radical (unpaired) electrons. The molecule has 0 saturated carbocycles. The number of nitrogens with one attached hydrogen (secondary N) is 3. The van der Waals surface area contributed by atoms with E-state index in [1.165, 1.54) is 0 Å². The Labute approximate surface area is 219 Å². The van der Waals surface area contributed by atoms with Crippen LogP contribution < -0.4 is 20.7 Å². The topological polar surface area (TPSA) is 126 Å². The highest BCUT2D eigenvalue weighted by molar-refractivity contribution is 5.89. The van der Waals surface area contributed by atoms with Gasteiger partial charge in [0.1, 0.15) is 23.4 Å². The number of alkyl carbamates (subject to hydrolysis) is 1. The largest absolute Gasteiger partial charge is 0.497 e. The minimum atomic E-state index is -0.713. The Balaban J connectivity index is 1.81. The van der Waals surface area contributed by atoms with Crippen LogP contribution in [0.1, 0.15) is 59.9 Å². The van der Waals surface area contributed by atoms with Crippen molar-refractivity contribution < 1.29 is 28.7 Å². The summed E-state index contributed by atoms with van der Waals surface area (Å²) in [6.45, 7) is 11.8. The Bertz CT molecular complexity index is 933. The highest BCUT2D eigenvalue weighted by Crippen LogP contribution is 2.20. The molecule has 2 atom stereocenters. The number of nitrogens with zero attached hydrogens (tertiary/aromatic N) is 1. The average molecular weight is 519 g/mol. The summed E-state index contributed by atoms with van der Waals surface area (Å²) in [5.41, 5.74) is 0.259. The zero-order chi connectivity index (χ0) is 27.8. The standard InChI is InChI=1S/C27H42N4O6/c1-17(2)22(30-26(35)37-27(4,5)6)25(34)31-14-12-20(13-15-31)24(33)29-18(3)23(32)28-16-19-8-10-21(36-7)11-9-19/h8-11,17-18,20,22H,12-16H2,1-7H3,(H,28,32)(H,29,33)(H,30,35). The molecule has 1 heterocycles. The monoisotopic (exact) mass is 518 g/mol. The van der Waals surface area contributed by atoms with Gasteiger partial charge in [-0.05, 0) is 64.2 Å². The van der Waals surface area contributed by atoms with Crippen LogP contribution in [-0.4, -0.2) is 66.6 Å². The fourth-order valence-corrected chi connectivity index (χ4v) is 3.99. The molecule has 1 aromatic rings. The minimum Gasteiger partial charge on any atom is -0.497 e. The molecule has 1 aliphatic heterocycles. The second-order valence-corrected chi connectivity index (χ2v) is 10.8. The molecule has 0 spiro atoms. The summed E-state index contributed by atoms with van der Waals surface area (Å²) in [5, 5.41) is 8.31. The summed E-state index contributed by atoms with van der Waals surface area (Å²) in [5.74, 6) is -0.347. The van der Waals surface area contributed by atoms with Crippen LogP contribution >= 0.6 is 0 Å². The van der Waals surface area contributed by atoms with Crippen molar-refractivity contribution in [3.05, 3.63) is 29.8 Å². The Kier molecular flexibility index (Phi) is 10.8. The summed E-state index contributed by atoms with van der Waals surface area (Å²) >= 11 is 0. The molecule has 37 heavy (non-hydrogen) atoms. The number of methoxy groups -OCH3 is 1. The first-order valence-electron chi connectivity index (χ1n) is 12.8. The number of hydrogen-bond acceptors (Lipinski definition) is 6. The van der Waals surface area contributed by atoms with Crippen molar-refractivity contribution in [3.8, 4) is 5.75 Å². The molecule has 10 heteroatoms. The predicted octanol–water partition coefficient (Wildman–Crippen LogP) is 2.60. The van der Waals surface area contributed by atoms with Crippen molar-refractivity contribution in [2.24, 2.45) is 11.8 Å². The summed E-state index contributed by atoms with van der Waals surface area (Å²) < 4.78 is 10.4. The Hall–Kier alpha value is -3.30. The van der Waals surface area contributed by atoms with E-state index < -0.39 is 23.8 Å².